The zero-order valence-electron chi connectivity index (χ0n) is 14.0. The van der Waals surface area contributed by atoms with E-state index in [0.29, 0.717) is 21.2 Å². The van der Waals surface area contributed by atoms with Crippen molar-refractivity contribution in [3.8, 4) is 16.2 Å². The Hall–Kier alpha value is -2.05. The number of benzene rings is 2. The molecule has 26 heavy (non-hydrogen) atoms. The van der Waals surface area contributed by atoms with Gasteiger partial charge in [-0.25, -0.2) is 0 Å². The molecule has 3 rings (SSSR count). The van der Waals surface area contributed by atoms with E-state index in [2.05, 4.69) is 4.37 Å². The third-order valence-electron chi connectivity index (χ3n) is 4.14. The fraction of sp³-hybridized carbons (Fsp3) is 0.211. The lowest BCUT2D eigenvalue weighted by atomic mass is 10.1. The highest BCUT2D eigenvalue weighted by Crippen LogP contribution is 2.36. The predicted molar refractivity (Wildman–Crippen MR) is 97.8 cm³/mol. The van der Waals surface area contributed by atoms with Gasteiger partial charge in [-0.3, -0.25) is 0 Å². The lowest BCUT2D eigenvalue weighted by molar-refractivity contribution is -0.137. The number of hydrogen-bond acceptors (Lipinski definition) is 3. The lowest BCUT2D eigenvalue weighted by Crippen LogP contribution is -2.04. The van der Waals surface area contributed by atoms with Gasteiger partial charge in [0.15, 0.2) is 0 Å². The molecule has 0 saturated heterocycles. The van der Waals surface area contributed by atoms with Crippen LogP contribution < -0.4 is 4.74 Å². The van der Waals surface area contributed by atoms with Crippen molar-refractivity contribution in [3.63, 3.8) is 0 Å². The van der Waals surface area contributed by atoms with Gasteiger partial charge in [0.2, 0.25) is 0 Å². The Balaban J connectivity index is 1.86. The minimum Gasteiger partial charge on any atom is -0.488 e. The van der Waals surface area contributed by atoms with Crippen LogP contribution in [0.2, 0.25) is 5.15 Å². The van der Waals surface area contributed by atoms with Crippen LogP contribution in [-0.4, -0.2) is 4.37 Å². The van der Waals surface area contributed by atoms with Crippen LogP contribution in [0.15, 0.2) is 42.5 Å². The van der Waals surface area contributed by atoms with E-state index in [-0.39, 0.29) is 6.61 Å². The van der Waals surface area contributed by atoms with Crippen molar-refractivity contribution >= 4 is 23.1 Å². The number of rotatable bonds is 4. The minimum atomic E-state index is -4.36. The summed E-state index contributed by atoms with van der Waals surface area (Å²) in [6.07, 6.45) is -4.36. The molecule has 3 aromatic rings. The summed E-state index contributed by atoms with van der Waals surface area (Å²) in [5.74, 6) is 0.741. The van der Waals surface area contributed by atoms with Gasteiger partial charge in [0.05, 0.1) is 10.4 Å². The average Bonchev–Trinajstić information content (AvgIpc) is 2.96. The van der Waals surface area contributed by atoms with Gasteiger partial charge in [0.1, 0.15) is 17.5 Å². The van der Waals surface area contributed by atoms with Crippen LogP contribution in [0.4, 0.5) is 13.2 Å². The summed E-state index contributed by atoms with van der Waals surface area (Å²) in [7, 11) is 0. The first-order chi connectivity index (χ1) is 12.3. The van der Waals surface area contributed by atoms with Crippen LogP contribution in [-0.2, 0) is 12.8 Å². The monoisotopic (exact) mass is 397 g/mol. The molecular weight excluding hydrogens is 383 g/mol. The zero-order valence-corrected chi connectivity index (χ0v) is 15.6. The van der Waals surface area contributed by atoms with E-state index in [4.69, 9.17) is 16.3 Å². The third kappa shape index (κ3) is 3.86. The SMILES string of the molecule is Cc1cccc(OCc2c(Cl)nsc2-c2ccc(C(F)(F)F)cc2)c1C. The summed E-state index contributed by atoms with van der Waals surface area (Å²) in [5, 5.41) is 0.301. The van der Waals surface area contributed by atoms with Gasteiger partial charge in [-0.1, -0.05) is 35.9 Å². The van der Waals surface area contributed by atoms with Crippen molar-refractivity contribution in [1.29, 1.82) is 0 Å². The molecule has 0 unspecified atom stereocenters. The largest absolute Gasteiger partial charge is 0.488 e. The molecule has 0 bridgehead atoms. The highest BCUT2D eigenvalue weighted by atomic mass is 35.5. The van der Waals surface area contributed by atoms with E-state index in [1.54, 1.807) is 0 Å². The molecule has 7 heteroatoms. The second-order valence-corrected chi connectivity index (χ2v) is 6.97. The van der Waals surface area contributed by atoms with Crippen LogP contribution in [0.1, 0.15) is 22.3 Å². The van der Waals surface area contributed by atoms with Gasteiger partial charge < -0.3 is 4.74 Å². The quantitative estimate of drug-likeness (QED) is 0.490. The Labute approximate surface area is 158 Å². The second kappa shape index (κ2) is 7.29. The molecule has 0 atom stereocenters. The highest BCUT2D eigenvalue weighted by molar-refractivity contribution is 7.10. The maximum atomic E-state index is 12.7. The van der Waals surface area contributed by atoms with Gasteiger partial charge in [-0.05, 0) is 60.3 Å². The molecule has 0 aliphatic rings. The molecular formula is C19H15ClF3NOS. The molecule has 2 nitrogen and oxygen atoms in total. The smallest absolute Gasteiger partial charge is 0.416 e. The number of aryl methyl sites for hydroxylation is 1. The summed E-state index contributed by atoms with van der Waals surface area (Å²) in [4.78, 5) is 0.703. The topological polar surface area (TPSA) is 22.1 Å². The first-order valence-electron chi connectivity index (χ1n) is 7.78. The van der Waals surface area contributed by atoms with Crippen molar-refractivity contribution in [3.05, 3.63) is 69.9 Å². The maximum Gasteiger partial charge on any atom is 0.416 e. The van der Waals surface area contributed by atoms with E-state index >= 15 is 0 Å². The summed E-state index contributed by atoms with van der Waals surface area (Å²) in [5.41, 5.74) is 2.74. The first kappa shape index (κ1) is 18.7. The molecule has 0 aliphatic heterocycles. The number of halogens is 4. The van der Waals surface area contributed by atoms with E-state index in [1.807, 2.05) is 32.0 Å². The number of ether oxygens (including phenoxy) is 1. The number of alkyl halides is 3. The minimum absolute atomic E-state index is 0.190. The standard InChI is InChI=1S/C19H15ClF3NOS/c1-11-4-3-5-16(12(11)2)25-10-15-17(26-24-18(15)20)13-6-8-14(9-7-13)19(21,22)23/h3-9H,10H2,1-2H3. The average molecular weight is 398 g/mol. The Bertz CT molecular complexity index is 920. The number of hydrogen-bond donors (Lipinski definition) is 0. The molecule has 136 valence electrons. The van der Waals surface area contributed by atoms with Crippen LogP contribution in [0, 0.1) is 13.8 Å². The van der Waals surface area contributed by atoms with E-state index in [1.165, 1.54) is 12.1 Å². The molecule has 0 radical (unpaired) electrons. The Morgan fingerprint density at radius 3 is 2.42 bits per heavy atom. The summed E-state index contributed by atoms with van der Waals surface area (Å²) >= 11 is 7.32. The molecule has 0 spiro atoms. The number of nitrogens with zero attached hydrogens (tertiary/aromatic N) is 1. The van der Waals surface area contributed by atoms with Crippen molar-refractivity contribution in [1.82, 2.24) is 4.37 Å². The van der Waals surface area contributed by atoms with Crippen LogP contribution >= 0.6 is 23.1 Å². The molecule has 0 saturated carbocycles. The van der Waals surface area contributed by atoms with Gasteiger partial charge >= 0.3 is 6.18 Å². The van der Waals surface area contributed by atoms with Crippen LogP contribution in [0.3, 0.4) is 0 Å². The van der Waals surface area contributed by atoms with Gasteiger partial charge in [-0.15, -0.1) is 0 Å². The van der Waals surface area contributed by atoms with E-state index in [0.717, 1.165) is 40.5 Å². The highest BCUT2D eigenvalue weighted by Gasteiger charge is 2.30. The first-order valence-corrected chi connectivity index (χ1v) is 8.93. The lowest BCUT2D eigenvalue weighted by Gasteiger charge is -2.12. The summed E-state index contributed by atoms with van der Waals surface area (Å²) < 4.78 is 48.2. The molecule has 0 aliphatic carbocycles. The van der Waals surface area contributed by atoms with E-state index < -0.39 is 11.7 Å². The second-order valence-electron chi connectivity index (χ2n) is 5.84. The third-order valence-corrected chi connectivity index (χ3v) is 5.49. The van der Waals surface area contributed by atoms with Gasteiger partial charge in [0, 0.05) is 5.56 Å². The van der Waals surface area contributed by atoms with Crippen molar-refractivity contribution < 1.29 is 17.9 Å². The van der Waals surface area contributed by atoms with Gasteiger partial charge in [-0.2, -0.15) is 17.5 Å². The van der Waals surface area contributed by atoms with Crippen molar-refractivity contribution in [2.24, 2.45) is 0 Å². The molecule has 2 aromatic carbocycles. The number of aromatic nitrogens is 1. The predicted octanol–water partition coefficient (Wildman–Crippen LogP) is 6.68. The van der Waals surface area contributed by atoms with E-state index in [9.17, 15) is 13.2 Å². The molecule has 0 fully saturated rings. The van der Waals surface area contributed by atoms with Crippen molar-refractivity contribution in [2.75, 3.05) is 0 Å². The Morgan fingerprint density at radius 1 is 1.08 bits per heavy atom. The van der Waals surface area contributed by atoms with Crippen LogP contribution in [0.5, 0.6) is 5.75 Å². The maximum absolute atomic E-state index is 12.7. The molecule has 1 aromatic heterocycles. The molecule has 0 N–H and O–H groups in total. The Kier molecular flexibility index (Phi) is 5.25. The fourth-order valence-corrected chi connectivity index (χ4v) is 3.58. The molecule has 0 amide bonds. The summed E-state index contributed by atoms with van der Waals surface area (Å²) in [6.45, 7) is 4.15. The van der Waals surface area contributed by atoms with Gasteiger partial charge in [0.25, 0.3) is 0 Å². The van der Waals surface area contributed by atoms with Crippen LogP contribution in [0.25, 0.3) is 10.4 Å². The molecule has 1 heterocycles. The Morgan fingerprint density at radius 2 is 1.77 bits per heavy atom. The zero-order chi connectivity index (χ0) is 18.9. The summed E-state index contributed by atoms with van der Waals surface area (Å²) in [6, 6.07) is 10.7. The van der Waals surface area contributed by atoms with Crippen molar-refractivity contribution in [2.45, 2.75) is 26.6 Å². The fourth-order valence-electron chi connectivity index (χ4n) is 2.48. The normalized spacial score (nSPS) is 11.6.